The molecule has 7 rings (SSSR count). The molecule has 2 saturated heterocycles. The Hall–Kier alpha value is -3.43. The zero-order valence-electron chi connectivity index (χ0n) is 22.6. The molecule has 0 amide bonds. The molecular formula is C30H33F2N7. The number of hydrogen-bond donors (Lipinski definition) is 1. The first-order valence-corrected chi connectivity index (χ1v) is 13.8. The lowest BCUT2D eigenvalue weighted by atomic mass is 10.0. The number of imidazole rings is 1. The fraction of sp³-hybridized carbons (Fsp3) is 0.433. The van der Waals surface area contributed by atoms with Crippen LogP contribution in [0.3, 0.4) is 0 Å². The van der Waals surface area contributed by atoms with Crippen molar-refractivity contribution in [3.05, 3.63) is 65.7 Å². The average Bonchev–Trinajstić information content (AvgIpc) is 3.51. The first kappa shape index (κ1) is 24.6. The lowest BCUT2D eigenvalue weighted by Gasteiger charge is -2.39. The Morgan fingerprint density at radius 1 is 0.974 bits per heavy atom. The molecule has 4 aromatic rings. The lowest BCUT2D eigenvalue weighted by Crippen LogP contribution is -2.51. The van der Waals surface area contributed by atoms with Crippen LogP contribution in [0.5, 0.6) is 0 Å². The molecule has 2 unspecified atom stereocenters. The van der Waals surface area contributed by atoms with E-state index in [0.29, 0.717) is 40.3 Å². The highest BCUT2D eigenvalue weighted by atomic mass is 19.1. The van der Waals surface area contributed by atoms with Gasteiger partial charge >= 0.3 is 0 Å². The van der Waals surface area contributed by atoms with Crippen molar-refractivity contribution in [3.8, 4) is 11.1 Å². The molecule has 3 aromatic heterocycles. The fourth-order valence-corrected chi connectivity index (χ4v) is 6.83. The van der Waals surface area contributed by atoms with E-state index < -0.39 is 11.6 Å². The van der Waals surface area contributed by atoms with Crippen LogP contribution in [0.4, 0.5) is 20.4 Å². The molecule has 3 aliphatic rings. The van der Waals surface area contributed by atoms with E-state index in [1.807, 2.05) is 18.3 Å². The van der Waals surface area contributed by atoms with E-state index in [-0.39, 0.29) is 11.1 Å². The first-order valence-electron chi connectivity index (χ1n) is 13.8. The minimum Gasteiger partial charge on any atom is -0.325 e. The highest BCUT2D eigenvalue weighted by molar-refractivity contribution is 5.84. The van der Waals surface area contributed by atoms with E-state index >= 15 is 4.39 Å². The van der Waals surface area contributed by atoms with Crippen molar-refractivity contribution in [2.75, 3.05) is 25.5 Å². The first-order chi connectivity index (χ1) is 18.7. The van der Waals surface area contributed by atoms with Gasteiger partial charge in [0.2, 0.25) is 0 Å². The minimum atomic E-state index is -0.509. The number of nitrogens with zero attached hydrogens (tertiary/aromatic N) is 6. The van der Waals surface area contributed by atoms with Crippen LogP contribution in [0.2, 0.25) is 0 Å². The van der Waals surface area contributed by atoms with Crippen LogP contribution in [0.25, 0.3) is 22.2 Å². The average molecular weight is 530 g/mol. The standard InChI is InChI=1S/C30H33F2N7/c1-30(2)9-8-28-36-29-23(31)10-19(11-25(29)39(28)30)22-12-27(34-14-24(22)32)35-26-7-4-18(13-33-26)15-38-20-5-6-21(38)17-37(3)16-20/h4,7,10-14,20-21H,5-6,8-9,15-17H2,1-3H3,(H,33,34,35). The van der Waals surface area contributed by atoms with E-state index in [4.69, 9.17) is 0 Å². The second-order valence-corrected chi connectivity index (χ2v) is 12.0. The summed E-state index contributed by atoms with van der Waals surface area (Å²) in [4.78, 5) is 18.4. The maximum absolute atomic E-state index is 15.1. The predicted molar refractivity (Wildman–Crippen MR) is 148 cm³/mol. The molecule has 1 aromatic carbocycles. The maximum atomic E-state index is 15.1. The van der Waals surface area contributed by atoms with Gasteiger partial charge in [-0.05, 0) is 75.5 Å². The molecule has 202 valence electrons. The quantitative estimate of drug-likeness (QED) is 0.370. The number of rotatable bonds is 5. The summed E-state index contributed by atoms with van der Waals surface area (Å²) in [5.41, 5.74) is 2.78. The predicted octanol–water partition coefficient (Wildman–Crippen LogP) is 5.47. The summed E-state index contributed by atoms with van der Waals surface area (Å²) in [5, 5.41) is 3.19. The SMILES string of the molecule is CN1CC2CCC(C1)N2Cc1ccc(Nc2cc(-c3cc(F)c4nc5n(c4c3)C(C)(C)CC5)c(F)cn2)nc1. The summed E-state index contributed by atoms with van der Waals surface area (Å²) in [6.45, 7) is 7.40. The topological polar surface area (TPSA) is 62.1 Å². The van der Waals surface area contributed by atoms with Gasteiger partial charge in [-0.25, -0.2) is 23.7 Å². The second kappa shape index (κ2) is 9.06. The molecule has 3 aliphatic heterocycles. The third-order valence-electron chi connectivity index (χ3n) is 8.78. The number of nitrogens with one attached hydrogen (secondary N) is 1. The van der Waals surface area contributed by atoms with Crippen LogP contribution in [-0.4, -0.2) is 61.5 Å². The molecule has 2 fully saturated rings. The summed E-state index contributed by atoms with van der Waals surface area (Å²) in [6, 6.07) is 10.1. The molecule has 1 N–H and O–H groups in total. The molecule has 0 radical (unpaired) electrons. The van der Waals surface area contributed by atoms with Gasteiger partial charge in [-0.2, -0.15) is 0 Å². The fourth-order valence-electron chi connectivity index (χ4n) is 6.83. The number of benzene rings is 1. The molecule has 0 aliphatic carbocycles. The minimum absolute atomic E-state index is 0.166. The number of likely N-dealkylation sites (N-methyl/N-ethyl adjacent to an activating group) is 1. The molecule has 0 saturated carbocycles. The van der Waals surface area contributed by atoms with Gasteiger partial charge in [0.05, 0.1) is 11.7 Å². The molecule has 2 bridgehead atoms. The van der Waals surface area contributed by atoms with Crippen molar-refractivity contribution in [2.24, 2.45) is 0 Å². The van der Waals surface area contributed by atoms with Crippen molar-refractivity contribution >= 4 is 22.7 Å². The van der Waals surface area contributed by atoms with E-state index in [1.165, 1.54) is 30.7 Å². The highest BCUT2D eigenvalue weighted by Crippen LogP contribution is 2.38. The normalized spacial score (nSPS) is 22.5. The van der Waals surface area contributed by atoms with Crippen LogP contribution in [-0.2, 0) is 18.5 Å². The molecule has 0 spiro atoms. The van der Waals surface area contributed by atoms with Gasteiger partial charge in [0, 0.05) is 55.4 Å². The van der Waals surface area contributed by atoms with Crippen LogP contribution in [0, 0.1) is 11.6 Å². The molecule has 7 nitrogen and oxygen atoms in total. The monoisotopic (exact) mass is 529 g/mol. The molecule has 6 heterocycles. The van der Waals surface area contributed by atoms with Crippen LogP contribution in [0.1, 0.15) is 44.5 Å². The zero-order valence-corrected chi connectivity index (χ0v) is 22.6. The van der Waals surface area contributed by atoms with Crippen molar-refractivity contribution < 1.29 is 8.78 Å². The van der Waals surface area contributed by atoms with Gasteiger partial charge in [0.25, 0.3) is 0 Å². The number of fused-ring (bicyclic) bond motifs is 5. The van der Waals surface area contributed by atoms with E-state index in [1.54, 1.807) is 6.07 Å². The van der Waals surface area contributed by atoms with Crippen LogP contribution in [0.15, 0.2) is 42.7 Å². The van der Waals surface area contributed by atoms with Crippen molar-refractivity contribution in [1.29, 1.82) is 0 Å². The maximum Gasteiger partial charge on any atom is 0.151 e. The van der Waals surface area contributed by atoms with Gasteiger partial charge in [0.15, 0.2) is 5.82 Å². The number of aromatic nitrogens is 4. The van der Waals surface area contributed by atoms with Gasteiger partial charge in [-0.15, -0.1) is 0 Å². The molecular weight excluding hydrogens is 496 g/mol. The van der Waals surface area contributed by atoms with Gasteiger partial charge < -0.3 is 14.8 Å². The third-order valence-corrected chi connectivity index (χ3v) is 8.78. The Kier molecular flexibility index (Phi) is 5.72. The summed E-state index contributed by atoms with van der Waals surface area (Å²) >= 11 is 0. The smallest absolute Gasteiger partial charge is 0.151 e. The number of likely N-dealkylation sites (tertiary alicyclic amines) is 1. The Balaban J connectivity index is 1.13. The summed E-state index contributed by atoms with van der Waals surface area (Å²) in [5.74, 6) is 0.991. The van der Waals surface area contributed by atoms with Crippen LogP contribution >= 0.6 is 0 Å². The van der Waals surface area contributed by atoms with Gasteiger partial charge in [0.1, 0.15) is 28.8 Å². The Morgan fingerprint density at radius 3 is 2.49 bits per heavy atom. The second-order valence-electron chi connectivity index (χ2n) is 12.0. The largest absolute Gasteiger partial charge is 0.325 e. The third kappa shape index (κ3) is 4.28. The number of piperazine rings is 1. The highest BCUT2D eigenvalue weighted by Gasteiger charge is 2.38. The Morgan fingerprint density at radius 2 is 1.74 bits per heavy atom. The van der Waals surface area contributed by atoms with Gasteiger partial charge in [-0.1, -0.05) is 6.07 Å². The molecule has 9 heteroatoms. The summed E-state index contributed by atoms with van der Waals surface area (Å²) < 4.78 is 32.2. The molecule has 39 heavy (non-hydrogen) atoms. The van der Waals surface area contributed by atoms with E-state index in [2.05, 4.69) is 61.6 Å². The van der Waals surface area contributed by atoms with Crippen molar-refractivity contribution in [2.45, 2.75) is 63.7 Å². The van der Waals surface area contributed by atoms with E-state index in [0.717, 1.165) is 38.3 Å². The number of pyridine rings is 2. The number of aryl methyl sites for hydroxylation is 1. The Labute approximate surface area is 226 Å². The number of anilines is 2. The Bertz CT molecular complexity index is 1550. The van der Waals surface area contributed by atoms with Gasteiger partial charge in [-0.3, -0.25) is 4.90 Å². The van der Waals surface area contributed by atoms with Crippen LogP contribution < -0.4 is 5.32 Å². The number of hydrogen-bond acceptors (Lipinski definition) is 6. The zero-order chi connectivity index (χ0) is 26.9. The molecule has 2 atom stereocenters. The summed E-state index contributed by atoms with van der Waals surface area (Å²) in [7, 11) is 2.21. The van der Waals surface area contributed by atoms with Crippen molar-refractivity contribution in [3.63, 3.8) is 0 Å². The van der Waals surface area contributed by atoms with E-state index in [9.17, 15) is 4.39 Å². The number of halogens is 2. The lowest BCUT2D eigenvalue weighted by molar-refractivity contribution is 0.0759. The van der Waals surface area contributed by atoms with Crippen molar-refractivity contribution in [1.82, 2.24) is 29.3 Å². The summed E-state index contributed by atoms with van der Waals surface area (Å²) in [6.07, 6.45) is 7.34.